The molecule has 0 saturated carbocycles. The first-order valence-electron chi connectivity index (χ1n) is 7.32. The summed E-state index contributed by atoms with van der Waals surface area (Å²) in [4.78, 5) is 5.09. The number of aryl methyl sites for hydroxylation is 1. The molecule has 0 aliphatic carbocycles. The minimum Gasteiger partial charge on any atom is -0.318 e. The molecule has 0 bridgehead atoms. The van der Waals surface area contributed by atoms with Crippen LogP contribution < -0.4 is 5.32 Å². The average molecular weight is 261 g/mol. The fourth-order valence-electron chi connectivity index (χ4n) is 2.81. The third kappa shape index (κ3) is 4.30. The highest BCUT2D eigenvalue weighted by atomic mass is 15.2. The van der Waals surface area contributed by atoms with Crippen molar-refractivity contribution in [1.82, 2.24) is 15.1 Å². The number of nitrogens with zero attached hydrogens (tertiary/aromatic N) is 2. The van der Waals surface area contributed by atoms with Crippen LogP contribution in [0.5, 0.6) is 0 Å². The zero-order valence-electron chi connectivity index (χ0n) is 12.5. The van der Waals surface area contributed by atoms with Gasteiger partial charge in [-0.15, -0.1) is 0 Å². The molecule has 3 heteroatoms. The van der Waals surface area contributed by atoms with Gasteiger partial charge in [0.1, 0.15) is 0 Å². The monoisotopic (exact) mass is 261 g/mol. The van der Waals surface area contributed by atoms with Gasteiger partial charge in [0.05, 0.1) is 0 Å². The van der Waals surface area contributed by atoms with Gasteiger partial charge >= 0.3 is 0 Å². The first-order chi connectivity index (χ1) is 9.19. The maximum Gasteiger partial charge on any atom is 0.0344 e. The Hall–Kier alpha value is -0.900. The smallest absolute Gasteiger partial charge is 0.0344 e. The van der Waals surface area contributed by atoms with Gasteiger partial charge in [-0.2, -0.15) is 0 Å². The molecular weight excluding hydrogens is 234 g/mol. The fourth-order valence-corrected chi connectivity index (χ4v) is 2.81. The predicted molar refractivity (Wildman–Crippen MR) is 81.4 cm³/mol. The van der Waals surface area contributed by atoms with Crippen molar-refractivity contribution in [3.8, 4) is 0 Å². The van der Waals surface area contributed by atoms with Crippen LogP contribution in [0, 0.1) is 6.92 Å². The van der Waals surface area contributed by atoms with Crippen molar-refractivity contribution < 1.29 is 0 Å². The largest absolute Gasteiger partial charge is 0.318 e. The van der Waals surface area contributed by atoms with Gasteiger partial charge in [-0.3, -0.25) is 4.90 Å². The van der Waals surface area contributed by atoms with Gasteiger partial charge in [0.2, 0.25) is 0 Å². The van der Waals surface area contributed by atoms with Crippen LogP contribution in [-0.2, 0) is 6.54 Å². The Balaban J connectivity index is 1.97. The molecule has 0 radical (unpaired) electrons. The molecule has 1 aliphatic heterocycles. The molecule has 1 aliphatic rings. The van der Waals surface area contributed by atoms with Crippen molar-refractivity contribution >= 4 is 0 Å². The highest BCUT2D eigenvalue weighted by Gasteiger charge is 2.21. The third-order valence-electron chi connectivity index (χ3n) is 4.04. The lowest BCUT2D eigenvalue weighted by Crippen LogP contribution is -2.44. The lowest BCUT2D eigenvalue weighted by molar-refractivity contribution is 0.201. The SMILES string of the molecule is CNCC1CN(Cc2ccc(C)cc2)CCCN1C. The summed E-state index contributed by atoms with van der Waals surface area (Å²) >= 11 is 0. The molecule has 1 unspecified atom stereocenters. The van der Waals surface area contributed by atoms with Crippen LogP contribution in [0.3, 0.4) is 0 Å². The number of rotatable bonds is 4. The molecule has 3 nitrogen and oxygen atoms in total. The van der Waals surface area contributed by atoms with Gasteiger partial charge in [0.15, 0.2) is 0 Å². The minimum atomic E-state index is 0.623. The number of hydrogen-bond donors (Lipinski definition) is 1. The third-order valence-corrected chi connectivity index (χ3v) is 4.04. The van der Waals surface area contributed by atoms with Crippen LogP contribution in [0.15, 0.2) is 24.3 Å². The van der Waals surface area contributed by atoms with E-state index in [9.17, 15) is 0 Å². The second kappa shape index (κ2) is 7.04. The van der Waals surface area contributed by atoms with E-state index < -0.39 is 0 Å². The Kier molecular flexibility index (Phi) is 5.37. The van der Waals surface area contributed by atoms with Gasteiger partial charge in [-0.1, -0.05) is 29.8 Å². The van der Waals surface area contributed by atoms with E-state index in [1.807, 2.05) is 7.05 Å². The Morgan fingerprint density at radius 2 is 1.95 bits per heavy atom. The van der Waals surface area contributed by atoms with Crippen molar-refractivity contribution in [2.24, 2.45) is 0 Å². The molecule has 106 valence electrons. The van der Waals surface area contributed by atoms with E-state index in [1.54, 1.807) is 0 Å². The van der Waals surface area contributed by atoms with Crippen LogP contribution in [0.4, 0.5) is 0 Å². The predicted octanol–water partition coefficient (Wildman–Crippen LogP) is 1.72. The second-order valence-electron chi connectivity index (χ2n) is 5.77. The first kappa shape index (κ1) is 14.5. The van der Waals surface area contributed by atoms with E-state index in [4.69, 9.17) is 0 Å². The molecule has 0 amide bonds. The van der Waals surface area contributed by atoms with Gasteiger partial charge in [0.25, 0.3) is 0 Å². The Labute approximate surface area is 117 Å². The van der Waals surface area contributed by atoms with Gasteiger partial charge in [0, 0.05) is 25.7 Å². The normalized spacial score (nSPS) is 22.4. The standard InChI is InChI=1S/C16H27N3/c1-14-5-7-15(8-6-14)12-19-10-4-9-18(3)16(13-19)11-17-2/h5-8,16-17H,4,9-13H2,1-3H3. The fraction of sp³-hybridized carbons (Fsp3) is 0.625. The highest BCUT2D eigenvalue weighted by molar-refractivity contribution is 5.21. The Morgan fingerprint density at radius 1 is 1.21 bits per heavy atom. The summed E-state index contributed by atoms with van der Waals surface area (Å²) in [7, 11) is 4.29. The minimum absolute atomic E-state index is 0.623. The van der Waals surface area contributed by atoms with Crippen LogP contribution in [0.25, 0.3) is 0 Å². The van der Waals surface area contributed by atoms with Gasteiger partial charge < -0.3 is 10.2 Å². The van der Waals surface area contributed by atoms with E-state index in [1.165, 1.54) is 30.6 Å². The van der Waals surface area contributed by atoms with E-state index in [-0.39, 0.29) is 0 Å². The van der Waals surface area contributed by atoms with E-state index in [0.717, 1.165) is 19.6 Å². The lowest BCUT2D eigenvalue weighted by atomic mass is 10.1. The van der Waals surface area contributed by atoms with Gasteiger partial charge in [-0.25, -0.2) is 0 Å². The molecule has 1 N–H and O–H groups in total. The van der Waals surface area contributed by atoms with Crippen molar-refractivity contribution in [3.05, 3.63) is 35.4 Å². The van der Waals surface area contributed by atoms with Crippen LogP contribution in [0.1, 0.15) is 17.5 Å². The molecule has 1 heterocycles. The zero-order valence-corrected chi connectivity index (χ0v) is 12.5. The van der Waals surface area contributed by atoms with Crippen LogP contribution in [-0.4, -0.2) is 56.1 Å². The summed E-state index contributed by atoms with van der Waals surface area (Å²) in [5, 5.41) is 3.32. The molecule has 2 rings (SSSR count). The molecule has 1 aromatic rings. The molecule has 1 saturated heterocycles. The van der Waals surface area contributed by atoms with Crippen LogP contribution in [0.2, 0.25) is 0 Å². The second-order valence-corrected chi connectivity index (χ2v) is 5.77. The van der Waals surface area contributed by atoms with Gasteiger partial charge in [-0.05, 0) is 46.1 Å². The molecule has 1 fully saturated rings. The van der Waals surface area contributed by atoms with Crippen LogP contribution >= 0.6 is 0 Å². The number of benzene rings is 1. The topological polar surface area (TPSA) is 18.5 Å². The summed E-state index contributed by atoms with van der Waals surface area (Å²) in [6.45, 7) is 7.86. The number of nitrogens with one attached hydrogen (secondary N) is 1. The van der Waals surface area contributed by atoms with Crippen molar-refractivity contribution in [3.63, 3.8) is 0 Å². The average Bonchev–Trinajstić information content (AvgIpc) is 2.56. The zero-order chi connectivity index (χ0) is 13.7. The maximum atomic E-state index is 3.32. The number of likely N-dealkylation sites (N-methyl/N-ethyl adjacent to an activating group) is 2. The summed E-state index contributed by atoms with van der Waals surface area (Å²) in [6, 6.07) is 9.57. The van der Waals surface area contributed by atoms with E-state index in [2.05, 4.69) is 53.4 Å². The molecule has 19 heavy (non-hydrogen) atoms. The van der Waals surface area contributed by atoms with Crippen molar-refractivity contribution in [2.75, 3.05) is 40.3 Å². The summed E-state index contributed by atoms with van der Waals surface area (Å²) in [5.41, 5.74) is 2.77. The van der Waals surface area contributed by atoms with Crippen molar-refractivity contribution in [1.29, 1.82) is 0 Å². The van der Waals surface area contributed by atoms with E-state index >= 15 is 0 Å². The quantitative estimate of drug-likeness (QED) is 0.890. The molecule has 0 aromatic heterocycles. The maximum absolute atomic E-state index is 3.32. The highest BCUT2D eigenvalue weighted by Crippen LogP contribution is 2.12. The molecular formula is C16H27N3. The van der Waals surface area contributed by atoms with E-state index in [0.29, 0.717) is 6.04 Å². The number of hydrogen-bond acceptors (Lipinski definition) is 3. The summed E-state index contributed by atoms with van der Waals surface area (Å²) < 4.78 is 0. The molecule has 0 spiro atoms. The summed E-state index contributed by atoms with van der Waals surface area (Å²) in [5.74, 6) is 0. The van der Waals surface area contributed by atoms with Crippen molar-refractivity contribution in [2.45, 2.75) is 25.9 Å². The summed E-state index contributed by atoms with van der Waals surface area (Å²) in [6.07, 6.45) is 1.27. The lowest BCUT2D eigenvalue weighted by Gasteiger charge is -2.28. The molecule has 1 atom stereocenters. The first-order valence-corrected chi connectivity index (χ1v) is 7.32. The molecule has 1 aromatic carbocycles. The Bertz CT molecular complexity index is 374. The Morgan fingerprint density at radius 3 is 2.63 bits per heavy atom.